The van der Waals surface area contributed by atoms with Crippen molar-refractivity contribution in [1.29, 1.82) is 0 Å². The number of hydrogen-bond acceptors (Lipinski definition) is 3. The van der Waals surface area contributed by atoms with Gasteiger partial charge in [0.1, 0.15) is 0 Å². The van der Waals surface area contributed by atoms with E-state index in [-0.39, 0.29) is 5.54 Å². The molecule has 1 saturated heterocycles. The molecule has 0 amide bonds. The Morgan fingerprint density at radius 2 is 1.95 bits per heavy atom. The van der Waals surface area contributed by atoms with Gasteiger partial charge in [0.05, 0.1) is 0 Å². The van der Waals surface area contributed by atoms with Crippen LogP contribution in [-0.4, -0.2) is 44.4 Å². The maximum Gasteiger partial charge on any atom is 0.279 e. The van der Waals surface area contributed by atoms with Gasteiger partial charge in [-0.05, 0) is 52.0 Å². The van der Waals surface area contributed by atoms with Crippen LogP contribution in [0.5, 0.6) is 0 Å². The molecule has 1 aliphatic heterocycles. The molecule has 5 nitrogen and oxygen atoms in total. The minimum absolute atomic E-state index is 0.0804. The molecule has 1 aliphatic rings. The highest BCUT2D eigenvalue weighted by Crippen LogP contribution is 2.18. The summed E-state index contributed by atoms with van der Waals surface area (Å²) in [7, 11) is -3.31. The van der Waals surface area contributed by atoms with E-state index in [0.717, 1.165) is 19.4 Å². The summed E-state index contributed by atoms with van der Waals surface area (Å²) >= 11 is 0. The molecular weight excluding hydrogens is 274 g/mol. The third-order valence-electron chi connectivity index (χ3n) is 3.42. The molecule has 0 bridgehead atoms. The Morgan fingerprint density at radius 1 is 1.30 bits per heavy atom. The summed E-state index contributed by atoms with van der Waals surface area (Å²) in [4.78, 5) is 0. The van der Waals surface area contributed by atoms with Crippen LogP contribution in [0.4, 0.5) is 0 Å². The van der Waals surface area contributed by atoms with Crippen molar-refractivity contribution < 1.29 is 8.42 Å². The van der Waals surface area contributed by atoms with E-state index < -0.39 is 10.2 Å². The summed E-state index contributed by atoms with van der Waals surface area (Å²) in [5.74, 6) is 0.728. The lowest BCUT2D eigenvalue weighted by Gasteiger charge is -2.34. The van der Waals surface area contributed by atoms with Crippen LogP contribution >= 0.6 is 0 Å². The normalized spacial score (nSPS) is 22.4. The number of piperidine rings is 1. The quantitative estimate of drug-likeness (QED) is 0.783. The fourth-order valence-corrected chi connectivity index (χ4v) is 3.73. The molecule has 2 N–H and O–H groups in total. The zero-order valence-electron chi connectivity index (χ0n) is 13.6. The second-order valence-corrected chi connectivity index (χ2v) is 9.00. The second-order valence-electron chi connectivity index (χ2n) is 7.24. The van der Waals surface area contributed by atoms with Gasteiger partial charge >= 0.3 is 0 Å². The Balaban J connectivity index is 2.51. The van der Waals surface area contributed by atoms with Gasteiger partial charge in [-0.1, -0.05) is 13.8 Å². The molecule has 0 aromatic carbocycles. The Hall–Kier alpha value is -0.170. The molecule has 1 atom stereocenters. The Labute approximate surface area is 124 Å². The Morgan fingerprint density at radius 3 is 2.50 bits per heavy atom. The van der Waals surface area contributed by atoms with E-state index in [9.17, 15) is 8.42 Å². The number of hydrogen-bond donors (Lipinski definition) is 2. The van der Waals surface area contributed by atoms with Crippen molar-refractivity contribution in [3.05, 3.63) is 0 Å². The van der Waals surface area contributed by atoms with Gasteiger partial charge < -0.3 is 5.32 Å². The van der Waals surface area contributed by atoms with Crippen molar-refractivity contribution in [2.45, 2.75) is 53.0 Å². The van der Waals surface area contributed by atoms with Crippen molar-refractivity contribution in [3.8, 4) is 0 Å². The molecule has 20 heavy (non-hydrogen) atoms. The highest BCUT2D eigenvalue weighted by Gasteiger charge is 2.29. The van der Waals surface area contributed by atoms with Gasteiger partial charge in [-0.2, -0.15) is 12.7 Å². The highest BCUT2D eigenvalue weighted by atomic mass is 32.2. The van der Waals surface area contributed by atoms with Gasteiger partial charge in [-0.15, -0.1) is 0 Å². The van der Waals surface area contributed by atoms with Crippen molar-refractivity contribution in [3.63, 3.8) is 0 Å². The molecule has 1 fully saturated rings. The SMILES string of the molecule is CC(C)CNS(=O)(=O)N1CCCC(CNC(C)(C)C)C1. The van der Waals surface area contributed by atoms with Gasteiger partial charge in [0.2, 0.25) is 0 Å². The summed E-state index contributed by atoms with van der Waals surface area (Å²) in [6.45, 7) is 13.1. The predicted octanol–water partition coefficient (Wildman–Crippen LogP) is 1.58. The van der Waals surface area contributed by atoms with Gasteiger partial charge in [-0.25, -0.2) is 4.72 Å². The maximum absolute atomic E-state index is 12.2. The molecule has 0 aromatic heterocycles. The van der Waals surface area contributed by atoms with Gasteiger partial charge in [0.15, 0.2) is 0 Å². The smallest absolute Gasteiger partial charge is 0.279 e. The predicted molar refractivity (Wildman–Crippen MR) is 83.8 cm³/mol. The number of rotatable bonds is 6. The summed E-state index contributed by atoms with van der Waals surface area (Å²) in [6.07, 6.45) is 2.04. The van der Waals surface area contributed by atoms with Crippen LogP contribution in [-0.2, 0) is 10.2 Å². The first-order valence-electron chi connectivity index (χ1n) is 7.60. The first-order chi connectivity index (χ1) is 9.10. The molecule has 120 valence electrons. The maximum atomic E-state index is 12.2. The second kappa shape index (κ2) is 7.20. The third kappa shape index (κ3) is 6.52. The summed E-state index contributed by atoms with van der Waals surface area (Å²) in [5.41, 5.74) is 0.0804. The van der Waals surface area contributed by atoms with Crippen LogP contribution in [0.1, 0.15) is 47.5 Å². The van der Waals surface area contributed by atoms with Crippen LogP contribution in [0.2, 0.25) is 0 Å². The van der Waals surface area contributed by atoms with E-state index in [0.29, 0.717) is 31.5 Å². The molecule has 1 unspecified atom stereocenters. The van der Waals surface area contributed by atoms with E-state index >= 15 is 0 Å². The van der Waals surface area contributed by atoms with Crippen molar-refractivity contribution in [2.24, 2.45) is 11.8 Å². The minimum atomic E-state index is -3.31. The summed E-state index contributed by atoms with van der Waals surface area (Å²) in [6, 6.07) is 0. The van der Waals surface area contributed by atoms with Gasteiger partial charge in [-0.3, -0.25) is 0 Å². The molecule has 0 saturated carbocycles. The van der Waals surface area contributed by atoms with E-state index in [1.807, 2.05) is 13.8 Å². The Bertz CT molecular complexity index is 388. The van der Waals surface area contributed by atoms with Crippen molar-refractivity contribution in [1.82, 2.24) is 14.3 Å². The lowest BCUT2D eigenvalue weighted by atomic mass is 9.98. The number of nitrogens with one attached hydrogen (secondary N) is 2. The van der Waals surface area contributed by atoms with Crippen LogP contribution in [0, 0.1) is 11.8 Å². The molecular formula is C14H31N3O2S. The van der Waals surface area contributed by atoms with Gasteiger partial charge in [0, 0.05) is 25.2 Å². The fourth-order valence-electron chi connectivity index (χ4n) is 2.23. The first-order valence-corrected chi connectivity index (χ1v) is 9.04. The average molecular weight is 305 g/mol. The topological polar surface area (TPSA) is 61.4 Å². The third-order valence-corrected chi connectivity index (χ3v) is 4.96. The van der Waals surface area contributed by atoms with Crippen molar-refractivity contribution in [2.75, 3.05) is 26.2 Å². The average Bonchev–Trinajstić information content (AvgIpc) is 2.34. The zero-order valence-corrected chi connectivity index (χ0v) is 14.4. The summed E-state index contributed by atoms with van der Waals surface area (Å²) in [5, 5.41) is 3.47. The van der Waals surface area contributed by atoms with Crippen LogP contribution < -0.4 is 10.0 Å². The highest BCUT2D eigenvalue weighted by molar-refractivity contribution is 7.87. The van der Waals surface area contributed by atoms with E-state index in [1.54, 1.807) is 4.31 Å². The minimum Gasteiger partial charge on any atom is -0.312 e. The fraction of sp³-hybridized carbons (Fsp3) is 1.00. The summed E-state index contributed by atoms with van der Waals surface area (Å²) < 4.78 is 28.8. The van der Waals surface area contributed by atoms with Crippen LogP contribution in [0.3, 0.4) is 0 Å². The van der Waals surface area contributed by atoms with Crippen molar-refractivity contribution >= 4 is 10.2 Å². The first kappa shape index (κ1) is 17.9. The molecule has 0 aromatic rings. The largest absolute Gasteiger partial charge is 0.312 e. The van der Waals surface area contributed by atoms with E-state index in [4.69, 9.17) is 0 Å². The standard InChI is InChI=1S/C14H31N3O2S/c1-12(2)9-16-20(18,19)17-8-6-7-13(11-17)10-15-14(3,4)5/h12-13,15-16H,6-11H2,1-5H3. The molecule has 0 aliphatic carbocycles. The molecule has 1 rings (SSSR count). The van der Waals surface area contributed by atoms with Gasteiger partial charge in [0.25, 0.3) is 10.2 Å². The number of nitrogens with zero attached hydrogens (tertiary/aromatic N) is 1. The molecule has 0 spiro atoms. The van der Waals surface area contributed by atoms with Crippen LogP contribution in [0.25, 0.3) is 0 Å². The lowest BCUT2D eigenvalue weighted by Crippen LogP contribution is -2.49. The van der Waals surface area contributed by atoms with E-state index in [1.165, 1.54) is 0 Å². The Kier molecular flexibility index (Phi) is 6.44. The zero-order chi connectivity index (χ0) is 15.4. The molecule has 0 radical (unpaired) electrons. The monoisotopic (exact) mass is 305 g/mol. The van der Waals surface area contributed by atoms with Crippen LogP contribution in [0.15, 0.2) is 0 Å². The molecule has 1 heterocycles. The van der Waals surface area contributed by atoms with E-state index in [2.05, 4.69) is 30.8 Å². The lowest BCUT2D eigenvalue weighted by molar-refractivity contribution is 0.243. The molecule has 6 heteroatoms.